The third-order valence-corrected chi connectivity index (χ3v) is 8.40. The smallest absolute Gasteiger partial charge is 0.270 e. The highest BCUT2D eigenvalue weighted by molar-refractivity contribution is 7.99. The van der Waals surface area contributed by atoms with Crippen LogP contribution in [-0.4, -0.2) is 49.7 Å². The van der Waals surface area contributed by atoms with Gasteiger partial charge in [-0.1, -0.05) is 11.6 Å². The predicted molar refractivity (Wildman–Crippen MR) is 116 cm³/mol. The minimum atomic E-state index is -3.93. The van der Waals surface area contributed by atoms with Crippen molar-refractivity contribution in [1.82, 2.24) is 4.31 Å². The lowest BCUT2D eigenvalue weighted by Crippen LogP contribution is -2.40. The van der Waals surface area contributed by atoms with Gasteiger partial charge in [-0.3, -0.25) is 10.1 Å². The Morgan fingerprint density at radius 1 is 1.20 bits per heavy atom. The summed E-state index contributed by atoms with van der Waals surface area (Å²) in [7, 11) is -3.93. The third-order valence-electron chi connectivity index (χ3n) is 5.10. The first-order valence-corrected chi connectivity index (χ1v) is 12.2. The summed E-state index contributed by atoms with van der Waals surface area (Å²) in [5.41, 5.74) is 1.07. The molecule has 1 saturated heterocycles. The molecule has 0 unspecified atom stereocenters. The molecular weight excluding hydrogens is 450 g/mol. The fraction of sp³-hybridized carbons (Fsp3) is 0.368. The van der Waals surface area contributed by atoms with Crippen molar-refractivity contribution in [2.45, 2.75) is 22.3 Å². The maximum Gasteiger partial charge on any atom is 0.270 e. The van der Waals surface area contributed by atoms with E-state index in [1.165, 1.54) is 16.4 Å². The lowest BCUT2D eigenvalue weighted by molar-refractivity contribution is -0.385. The molecule has 0 aromatic heterocycles. The lowest BCUT2D eigenvalue weighted by Gasteiger charge is -2.30. The molecule has 0 aliphatic carbocycles. The van der Waals surface area contributed by atoms with Gasteiger partial charge in [-0.05, 0) is 36.2 Å². The molecule has 0 amide bonds. The average Bonchev–Trinajstić information content (AvgIpc) is 2.75. The van der Waals surface area contributed by atoms with Crippen LogP contribution in [0.4, 0.5) is 11.4 Å². The van der Waals surface area contributed by atoms with Crippen LogP contribution < -0.4 is 5.32 Å². The number of nitrogens with one attached hydrogen (secondary N) is 1. The van der Waals surface area contributed by atoms with E-state index >= 15 is 0 Å². The van der Waals surface area contributed by atoms with Crippen LogP contribution >= 0.6 is 23.4 Å². The molecule has 11 heteroatoms. The van der Waals surface area contributed by atoms with Crippen molar-refractivity contribution in [2.75, 3.05) is 37.4 Å². The van der Waals surface area contributed by atoms with Gasteiger partial charge in [-0.15, -0.1) is 11.8 Å². The number of hydrogen-bond donors (Lipinski definition) is 1. The van der Waals surface area contributed by atoms with Gasteiger partial charge in [0.15, 0.2) is 0 Å². The molecule has 8 nitrogen and oxygen atoms in total. The number of rotatable bonds is 5. The van der Waals surface area contributed by atoms with E-state index < -0.39 is 14.9 Å². The first kappa shape index (κ1) is 21.4. The number of nitrogens with zero attached hydrogens (tertiary/aromatic N) is 2. The molecule has 1 atom stereocenters. The number of nitro groups is 1. The van der Waals surface area contributed by atoms with Gasteiger partial charge in [-0.25, -0.2) is 8.42 Å². The molecular formula is C19H20ClN3O5S2. The van der Waals surface area contributed by atoms with Gasteiger partial charge in [0.25, 0.3) is 5.69 Å². The highest BCUT2D eigenvalue weighted by atomic mass is 35.5. The Labute approximate surface area is 183 Å². The summed E-state index contributed by atoms with van der Waals surface area (Å²) in [6.45, 7) is 1.01. The summed E-state index contributed by atoms with van der Waals surface area (Å²) in [6.07, 6.45) is 0.770. The molecule has 2 aliphatic rings. The Morgan fingerprint density at radius 2 is 1.97 bits per heavy atom. The molecule has 0 bridgehead atoms. The molecule has 30 heavy (non-hydrogen) atoms. The van der Waals surface area contributed by atoms with E-state index in [4.69, 9.17) is 16.3 Å². The molecule has 2 aromatic carbocycles. The number of non-ortho nitro benzene ring substituents is 1. The standard InChI is InChI=1S/C19H20ClN3O5S2/c20-13-1-4-18-15(11-13)16(5-10-29-18)21-17-3-2-14(23(24)25)12-19(17)30(26,27)22-6-8-28-9-7-22/h1-4,11-12,16,21H,5-10H2/t16-/m0/s1. The van der Waals surface area contributed by atoms with Crippen LogP contribution in [0.1, 0.15) is 18.0 Å². The lowest BCUT2D eigenvalue weighted by atomic mass is 10.0. The van der Waals surface area contributed by atoms with Crippen LogP contribution in [0.5, 0.6) is 0 Å². The molecule has 1 fully saturated rings. The fourth-order valence-electron chi connectivity index (χ4n) is 3.59. The van der Waals surface area contributed by atoms with E-state index in [-0.39, 0.29) is 29.7 Å². The SMILES string of the molecule is O=[N+]([O-])c1ccc(N[C@H]2CCSc3ccc(Cl)cc32)c(S(=O)(=O)N2CCOCC2)c1. The van der Waals surface area contributed by atoms with Gasteiger partial charge in [0.2, 0.25) is 10.0 Å². The first-order chi connectivity index (χ1) is 14.4. The summed E-state index contributed by atoms with van der Waals surface area (Å²) >= 11 is 7.90. The largest absolute Gasteiger partial charge is 0.379 e. The van der Waals surface area contributed by atoms with Crippen LogP contribution in [0.2, 0.25) is 5.02 Å². The number of sulfonamides is 1. The van der Waals surface area contributed by atoms with E-state index in [1.54, 1.807) is 11.8 Å². The van der Waals surface area contributed by atoms with Crippen molar-refractivity contribution in [3.05, 3.63) is 57.1 Å². The van der Waals surface area contributed by atoms with Gasteiger partial charge in [0, 0.05) is 40.9 Å². The third kappa shape index (κ3) is 4.28. The van der Waals surface area contributed by atoms with Gasteiger partial charge < -0.3 is 10.1 Å². The molecule has 2 aliphatic heterocycles. The number of fused-ring (bicyclic) bond motifs is 1. The Hall–Kier alpha value is -1.85. The Morgan fingerprint density at radius 3 is 2.70 bits per heavy atom. The van der Waals surface area contributed by atoms with E-state index in [1.807, 2.05) is 18.2 Å². The van der Waals surface area contributed by atoms with Crippen LogP contribution in [0.15, 0.2) is 46.2 Å². The van der Waals surface area contributed by atoms with Gasteiger partial charge in [0.1, 0.15) is 4.90 Å². The number of benzene rings is 2. The number of morpholine rings is 1. The highest BCUT2D eigenvalue weighted by Gasteiger charge is 2.31. The summed E-state index contributed by atoms with van der Waals surface area (Å²) in [5, 5.41) is 15.2. The molecule has 0 spiro atoms. The van der Waals surface area contributed by atoms with E-state index in [0.29, 0.717) is 23.9 Å². The number of thioether (sulfide) groups is 1. The second-order valence-corrected chi connectivity index (χ2v) is 10.4. The van der Waals surface area contributed by atoms with Crippen LogP contribution in [-0.2, 0) is 14.8 Å². The Bertz CT molecular complexity index is 1070. The highest BCUT2D eigenvalue weighted by Crippen LogP contribution is 2.40. The van der Waals surface area contributed by atoms with Crippen molar-refractivity contribution in [1.29, 1.82) is 0 Å². The van der Waals surface area contributed by atoms with Crippen LogP contribution in [0.3, 0.4) is 0 Å². The number of nitro benzene ring substituents is 1. The fourth-order valence-corrected chi connectivity index (χ4v) is 6.45. The van der Waals surface area contributed by atoms with Gasteiger partial charge in [-0.2, -0.15) is 4.31 Å². The molecule has 0 radical (unpaired) electrons. The number of hydrogen-bond acceptors (Lipinski definition) is 7. The maximum atomic E-state index is 13.3. The molecule has 2 heterocycles. The second-order valence-electron chi connectivity index (χ2n) is 6.97. The average molecular weight is 470 g/mol. The Balaban J connectivity index is 1.74. The van der Waals surface area contributed by atoms with Gasteiger partial charge >= 0.3 is 0 Å². The normalized spacial score (nSPS) is 19.8. The van der Waals surface area contributed by atoms with Crippen molar-refractivity contribution < 1.29 is 18.1 Å². The topological polar surface area (TPSA) is 102 Å². The van der Waals surface area contributed by atoms with Crippen molar-refractivity contribution in [3.63, 3.8) is 0 Å². The maximum absolute atomic E-state index is 13.3. The Kier molecular flexibility index (Phi) is 6.21. The molecule has 4 rings (SSSR count). The molecule has 1 N–H and O–H groups in total. The van der Waals surface area contributed by atoms with Gasteiger partial charge in [0.05, 0.1) is 29.9 Å². The quantitative estimate of drug-likeness (QED) is 0.523. The summed E-state index contributed by atoms with van der Waals surface area (Å²) in [5.74, 6) is 0.866. The first-order valence-electron chi connectivity index (χ1n) is 9.41. The minimum absolute atomic E-state index is 0.0968. The van der Waals surface area contributed by atoms with Crippen LogP contribution in [0, 0.1) is 10.1 Å². The summed E-state index contributed by atoms with van der Waals surface area (Å²) in [6, 6.07) is 9.42. The van der Waals surface area contributed by atoms with E-state index in [0.717, 1.165) is 28.7 Å². The van der Waals surface area contributed by atoms with Crippen molar-refractivity contribution in [2.24, 2.45) is 0 Å². The zero-order chi connectivity index (χ0) is 21.3. The predicted octanol–water partition coefficient (Wildman–Crippen LogP) is 3.92. The summed E-state index contributed by atoms with van der Waals surface area (Å²) < 4.78 is 33.2. The summed E-state index contributed by atoms with van der Waals surface area (Å²) in [4.78, 5) is 11.7. The molecule has 160 valence electrons. The molecule has 2 aromatic rings. The number of halogens is 1. The molecule has 0 saturated carbocycles. The monoisotopic (exact) mass is 469 g/mol. The zero-order valence-electron chi connectivity index (χ0n) is 15.9. The van der Waals surface area contributed by atoms with Crippen molar-refractivity contribution >= 4 is 44.8 Å². The van der Waals surface area contributed by atoms with E-state index in [9.17, 15) is 18.5 Å². The second kappa shape index (κ2) is 8.72. The van der Waals surface area contributed by atoms with Crippen molar-refractivity contribution in [3.8, 4) is 0 Å². The zero-order valence-corrected chi connectivity index (χ0v) is 18.3. The van der Waals surface area contributed by atoms with Crippen LogP contribution in [0.25, 0.3) is 0 Å². The van der Waals surface area contributed by atoms with E-state index in [2.05, 4.69) is 5.32 Å². The minimum Gasteiger partial charge on any atom is -0.379 e. The number of ether oxygens (including phenoxy) is 1. The number of anilines is 1.